The van der Waals surface area contributed by atoms with Gasteiger partial charge in [0.25, 0.3) is 10.0 Å². The first-order valence-corrected chi connectivity index (χ1v) is 12.3. The average Bonchev–Trinajstić information content (AvgIpc) is 3.19. The van der Waals surface area contributed by atoms with E-state index in [1.165, 1.54) is 23.3 Å². The van der Waals surface area contributed by atoms with E-state index in [9.17, 15) is 8.42 Å². The zero-order valence-electron chi connectivity index (χ0n) is 16.6. The van der Waals surface area contributed by atoms with Crippen molar-refractivity contribution in [3.8, 4) is 10.6 Å². The molecule has 0 spiro atoms. The van der Waals surface area contributed by atoms with Crippen LogP contribution in [0.15, 0.2) is 59.6 Å². The van der Waals surface area contributed by atoms with Gasteiger partial charge in [0.2, 0.25) is 0 Å². The lowest BCUT2D eigenvalue weighted by Crippen LogP contribution is -2.15. The minimum atomic E-state index is -3.64. The van der Waals surface area contributed by atoms with Crippen LogP contribution >= 0.6 is 11.3 Å². The predicted octanol–water partition coefficient (Wildman–Crippen LogP) is 5.35. The minimum absolute atomic E-state index is 0.323. The molecule has 1 aliphatic carbocycles. The second-order valence-electron chi connectivity index (χ2n) is 7.62. The normalized spacial score (nSPS) is 13.9. The van der Waals surface area contributed by atoms with Gasteiger partial charge in [0, 0.05) is 11.8 Å². The van der Waals surface area contributed by atoms with E-state index in [0.29, 0.717) is 10.6 Å². The molecule has 1 aliphatic rings. The second kappa shape index (κ2) is 7.49. The number of nitrogens with one attached hydrogen (secondary N) is 1. The van der Waals surface area contributed by atoms with Gasteiger partial charge >= 0.3 is 0 Å². The van der Waals surface area contributed by atoms with Crippen LogP contribution in [0, 0.1) is 6.92 Å². The van der Waals surface area contributed by atoms with E-state index in [1.807, 2.05) is 43.3 Å². The largest absolute Gasteiger partial charge is 0.279 e. The summed E-state index contributed by atoms with van der Waals surface area (Å²) in [5.41, 5.74) is 5.67. The summed E-state index contributed by atoms with van der Waals surface area (Å²) >= 11 is 1.53. The molecule has 7 heteroatoms. The van der Waals surface area contributed by atoms with Gasteiger partial charge in [-0.15, -0.1) is 0 Å². The Bertz CT molecular complexity index is 1330. The first-order valence-electron chi connectivity index (χ1n) is 9.97. The monoisotopic (exact) mass is 435 g/mol. The first kappa shape index (κ1) is 19.2. The lowest BCUT2D eigenvalue weighted by atomic mass is 9.92. The average molecular weight is 436 g/mol. The van der Waals surface area contributed by atoms with Crippen LogP contribution in [0.25, 0.3) is 20.9 Å². The van der Waals surface area contributed by atoms with Crippen molar-refractivity contribution in [3.05, 3.63) is 71.4 Å². The summed E-state index contributed by atoms with van der Waals surface area (Å²) in [6.45, 7) is 1.90. The van der Waals surface area contributed by atoms with Crippen LogP contribution in [0.3, 0.4) is 0 Å². The Morgan fingerprint density at radius 2 is 1.83 bits per heavy atom. The van der Waals surface area contributed by atoms with Crippen molar-refractivity contribution in [2.24, 2.45) is 0 Å². The molecule has 2 heterocycles. The van der Waals surface area contributed by atoms with Gasteiger partial charge in [0.15, 0.2) is 0 Å². The van der Waals surface area contributed by atoms with Crippen molar-refractivity contribution in [2.75, 3.05) is 4.72 Å². The third kappa shape index (κ3) is 3.59. The molecule has 1 N–H and O–H groups in total. The van der Waals surface area contributed by atoms with Gasteiger partial charge in [-0.3, -0.25) is 4.72 Å². The van der Waals surface area contributed by atoms with Crippen molar-refractivity contribution in [1.82, 2.24) is 9.97 Å². The van der Waals surface area contributed by atoms with Gasteiger partial charge in [0.05, 0.1) is 10.6 Å². The number of rotatable bonds is 4. The Kier molecular flexibility index (Phi) is 4.79. The maximum atomic E-state index is 13.0. The topological polar surface area (TPSA) is 72.0 Å². The molecule has 0 saturated carbocycles. The highest BCUT2D eigenvalue weighted by Crippen LogP contribution is 2.32. The molecule has 4 aromatic rings. The summed E-state index contributed by atoms with van der Waals surface area (Å²) in [5.74, 6) is 0. The van der Waals surface area contributed by atoms with Crippen LogP contribution < -0.4 is 4.72 Å². The standard InChI is InChI=1S/C23H21N3O2S2/c1-15-13-18(22-25-21-7-4-12-24-23(21)29-22)9-11-20(15)26-30(27,28)19-10-8-16-5-2-3-6-17(16)14-19/h4,7-14,26H,2-3,5-6H2,1H3. The van der Waals surface area contributed by atoms with Gasteiger partial charge in [-0.1, -0.05) is 17.4 Å². The summed E-state index contributed by atoms with van der Waals surface area (Å²) in [5, 5.41) is 0.871. The molecular formula is C23H21N3O2S2. The zero-order chi connectivity index (χ0) is 20.7. The van der Waals surface area contributed by atoms with Crippen molar-refractivity contribution in [1.29, 1.82) is 0 Å². The van der Waals surface area contributed by atoms with Crippen molar-refractivity contribution in [2.45, 2.75) is 37.5 Å². The summed E-state index contributed by atoms with van der Waals surface area (Å²) < 4.78 is 28.7. The Balaban J connectivity index is 1.43. The fourth-order valence-electron chi connectivity index (χ4n) is 3.89. The number of aryl methyl sites for hydroxylation is 3. The minimum Gasteiger partial charge on any atom is -0.279 e. The van der Waals surface area contributed by atoms with Crippen molar-refractivity contribution in [3.63, 3.8) is 0 Å². The van der Waals surface area contributed by atoms with Crippen molar-refractivity contribution < 1.29 is 8.42 Å². The lowest BCUT2D eigenvalue weighted by Gasteiger charge is -2.17. The maximum absolute atomic E-state index is 13.0. The number of anilines is 1. The second-order valence-corrected chi connectivity index (χ2v) is 10.3. The molecule has 0 bridgehead atoms. The van der Waals surface area contributed by atoms with Crippen LogP contribution in [0.5, 0.6) is 0 Å². The number of thiazole rings is 1. The number of nitrogens with zero attached hydrogens (tertiary/aromatic N) is 2. The fourth-order valence-corrected chi connectivity index (χ4v) is 5.97. The number of hydrogen-bond acceptors (Lipinski definition) is 5. The van der Waals surface area contributed by atoms with E-state index in [4.69, 9.17) is 0 Å². The summed E-state index contributed by atoms with van der Waals surface area (Å²) in [6, 6.07) is 15.0. The van der Waals surface area contributed by atoms with E-state index in [-0.39, 0.29) is 0 Å². The van der Waals surface area contributed by atoms with Crippen LogP contribution in [-0.4, -0.2) is 18.4 Å². The molecule has 152 valence electrons. The highest BCUT2D eigenvalue weighted by atomic mass is 32.2. The Morgan fingerprint density at radius 3 is 2.63 bits per heavy atom. The molecule has 0 aliphatic heterocycles. The molecule has 0 fully saturated rings. The molecule has 5 nitrogen and oxygen atoms in total. The highest BCUT2D eigenvalue weighted by Gasteiger charge is 2.19. The smallest absolute Gasteiger partial charge is 0.261 e. The fraction of sp³-hybridized carbons (Fsp3) is 0.217. The quantitative estimate of drug-likeness (QED) is 0.469. The molecule has 30 heavy (non-hydrogen) atoms. The van der Waals surface area contributed by atoms with Crippen LogP contribution in [-0.2, 0) is 22.9 Å². The van der Waals surface area contributed by atoms with Gasteiger partial charge < -0.3 is 0 Å². The number of pyridine rings is 1. The van der Waals surface area contributed by atoms with E-state index in [0.717, 1.165) is 51.3 Å². The first-order chi connectivity index (χ1) is 14.5. The van der Waals surface area contributed by atoms with E-state index in [2.05, 4.69) is 14.7 Å². The van der Waals surface area contributed by atoms with E-state index >= 15 is 0 Å². The number of fused-ring (bicyclic) bond motifs is 2. The predicted molar refractivity (Wildman–Crippen MR) is 121 cm³/mol. The van der Waals surface area contributed by atoms with E-state index in [1.54, 1.807) is 18.3 Å². The summed E-state index contributed by atoms with van der Waals surface area (Å²) in [7, 11) is -3.64. The van der Waals surface area contributed by atoms with Gasteiger partial charge in [-0.2, -0.15) is 0 Å². The summed E-state index contributed by atoms with van der Waals surface area (Å²) in [4.78, 5) is 10.2. The molecule has 0 atom stereocenters. The Hall–Kier alpha value is -2.77. The molecule has 0 radical (unpaired) electrons. The zero-order valence-corrected chi connectivity index (χ0v) is 18.2. The lowest BCUT2D eigenvalue weighted by molar-refractivity contribution is 0.600. The highest BCUT2D eigenvalue weighted by molar-refractivity contribution is 7.92. The summed E-state index contributed by atoms with van der Waals surface area (Å²) in [6.07, 6.45) is 6.03. The number of hydrogen-bond donors (Lipinski definition) is 1. The molecular weight excluding hydrogens is 414 g/mol. The van der Waals surface area contributed by atoms with Gasteiger partial charge in [-0.05, 0) is 91.8 Å². The molecule has 2 aromatic carbocycles. The maximum Gasteiger partial charge on any atom is 0.261 e. The van der Waals surface area contributed by atoms with E-state index < -0.39 is 10.0 Å². The number of aromatic nitrogens is 2. The Labute approximate surface area is 179 Å². The van der Waals surface area contributed by atoms with Crippen LogP contribution in [0.1, 0.15) is 29.5 Å². The number of sulfonamides is 1. The van der Waals surface area contributed by atoms with Gasteiger partial charge in [0.1, 0.15) is 15.4 Å². The molecule has 5 rings (SSSR count). The van der Waals surface area contributed by atoms with Gasteiger partial charge in [-0.25, -0.2) is 18.4 Å². The molecule has 2 aromatic heterocycles. The van der Waals surface area contributed by atoms with Crippen molar-refractivity contribution >= 4 is 37.4 Å². The molecule has 0 amide bonds. The SMILES string of the molecule is Cc1cc(-c2nc3cccnc3s2)ccc1NS(=O)(=O)c1ccc2c(c1)CCCC2. The van der Waals surface area contributed by atoms with Crippen LogP contribution in [0.2, 0.25) is 0 Å². The Morgan fingerprint density at radius 1 is 1.00 bits per heavy atom. The third-order valence-electron chi connectivity index (χ3n) is 5.51. The molecule has 0 unspecified atom stereocenters. The number of benzene rings is 2. The van der Waals surface area contributed by atoms with Crippen LogP contribution in [0.4, 0.5) is 5.69 Å². The third-order valence-corrected chi connectivity index (χ3v) is 7.91. The molecule has 0 saturated heterocycles.